The van der Waals surface area contributed by atoms with Crippen molar-refractivity contribution in [1.82, 2.24) is 9.97 Å². The van der Waals surface area contributed by atoms with Crippen molar-refractivity contribution < 1.29 is 13.5 Å². The monoisotopic (exact) mass is 358 g/mol. The minimum atomic E-state index is -3.32. The number of aromatic amines is 1. The third-order valence-electron chi connectivity index (χ3n) is 4.00. The number of hydrogen-bond acceptors (Lipinski definition) is 5. The number of aromatic nitrogens is 2. The molecule has 7 heteroatoms. The molecule has 2 aromatic carbocycles. The second-order valence-electron chi connectivity index (χ2n) is 5.45. The maximum Gasteiger partial charge on any atom is 0.199 e. The van der Waals surface area contributed by atoms with Crippen LogP contribution in [0.5, 0.6) is 5.88 Å². The molecular formula is C17H14N2O3S2. The van der Waals surface area contributed by atoms with Crippen molar-refractivity contribution in [3.8, 4) is 16.5 Å². The first kappa shape index (κ1) is 15.2. The van der Waals surface area contributed by atoms with E-state index < -0.39 is 9.84 Å². The third-order valence-corrected chi connectivity index (χ3v) is 6.78. The molecule has 2 aromatic heterocycles. The van der Waals surface area contributed by atoms with Gasteiger partial charge in [-0.3, -0.25) is 0 Å². The number of fused-ring (bicyclic) bond motifs is 2. The van der Waals surface area contributed by atoms with Gasteiger partial charge in [0.25, 0.3) is 0 Å². The molecule has 0 atom stereocenters. The van der Waals surface area contributed by atoms with Gasteiger partial charge in [-0.15, -0.1) is 11.3 Å². The molecule has 5 nitrogen and oxygen atoms in total. The van der Waals surface area contributed by atoms with Crippen LogP contribution in [-0.4, -0.2) is 29.2 Å². The van der Waals surface area contributed by atoms with E-state index in [1.165, 1.54) is 11.3 Å². The topological polar surface area (TPSA) is 83.0 Å². The lowest BCUT2D eigenvalue weighted by atomic mass is 10.2. The fraction of sp³-hybridized carbons (Fsp3) is 0.118. The molecule has 0 saturated carbocycles. The van der Waals surface area contributed by atoms with E-state index >= 15 is 0 Å². The normalized spacial score (nSPS) is 12.2. The van der Waals surface area contributed by atoms with E-state index in [1.807, 2.05) is 24.3 Å². The van der Waals surface area contributed by atoms with Crippen molar-refractivity contribution in [3.63, 3.8) is 0 Å². The lowest BCUT2D eigenvalue weighted by Crippen LogP contribution is -2.03. The number of thiazole rings is 1. The summed E-state index contributed by atoms with van der Waals surface area (Å²) in [5.74, 6) is 0.0286. The lowest BCUT2D eigenvalue weighted by molar-refractivity contribution is 0.460. The van der Waals surface area contributed by atoms with Crippen molar-refractivity contribution in [1.29, 1.82) is 0 Å². The number of H-pyrrole nitrogens is 1. The summed E-state index contributed by atoms with van der Waals surface area (Å²) in [5.41, 5.74) is 2.07. The maximum atomic E-state index is 12.2. The van der Waals surface area contributed by atoms with Crippen LogP contribution >= 0.6 is 11.3 Å². The number of sulfone groups is 1. The summed E-state index contributed by atoms with van der Waals surface area (Å²) in [7, 11) is -3.32. The van der Waals surface area contributed by atoms with Gasteiger partial charge in [0.1, 0.15) is 5.01 Å². The highest BCUT2D eigenvalue weighted by Crippen LogP contribution is 2.40. The van der Waals surface area contributed by atoms with Crippen LogP contribution in [0.25, 0.3) is 31.7 Å². The Morgan fingerprint density at radius 2 is 2.00 bits per heavy atom. The molecule has 4 aromatic rings. The van der Waals surface area contributed by atoms with Gasteiger partial charge >= 0.3 is 0 Å². The quantitative estimate of drug-likeness (QED) is 0.581. The summed E-state index contributed by atoms with van der Waals surface area (Å²) in [6, 6.07) is 12.6. The molecule has 0 bridgehead atoms. The van der Waals surface area contributed by atoms with Gasteiger partial charge in [-0.2, -0.15) is 0 Å². The number of nitrogens with one attached hydrogen (secondary N) is 1. The van der Waals surface area contributed by atoms with Crippen molar-refractivity contribution in [3.05, 3.63) is 42.5 Å². The number of nitrogens with zero attached hydrogens (tertiary/aromatic N) is 1. The Hall–Kier alpha value is -2.38. The van der Waals surface area contributed by atoms with Crippen LogP contribution in [0, 0.1) is 0 Å². The Balaban J connectivity index is 2.00. The Morgan fingerprint density at radius 1 is 1.21 bits per heavy atom. The molecule has 0 spiro atoms. The molecule has 0 saturated heterocycles. The first-order valence-electron chi connectivity index (χ1n) is 7.43. The van der Waals surface area contributed by atoms with Crippen LogP contribution < -0.4 is 0 Å². The average Bonchev–Trinajstić information content (AvgIpc) is 3.13. The molecule has 2 heterocycles. The number of hydrogen-bond donors (Lipinski definition) is 2. The highest BCUT2D eigenvalue weighted by atomic mass is 32.2. The predicted molar refractivity (Wildman–Crippen MR) is 96.3 cm³/mol. The fourth-order valence-corrected chi connectivity index (χ4v) is 4.64. The second kappa shape index (κ2) is 5.32. The highest BCUT2D eigenvalue weighted by molar-refractivity contribution is 7.91. The standard InChI is InChI=1S/C17H14N2O3S2/c1-2-24(21,22)10-7-8-12-11(9-10)15(16(20)18-12)17-19-13-5-3-4-6-14(13)23-17/h3-9,18,20H,2H2,1H3. The molecule has 0 radical (unpaired) electrons. The molecule has 24 heavy (non-hydrogen) atoms. The average molecular weight is 358 g/mol. The van der Waals surface area contributed by atoms with E-state index in [-0.39, 0.29) is 16.5 Å². The Bertz CT molecular complexity index is 1140. The van der Waals surface area contributed by atoms with Crippen LogP contribution in [0.1, 0.15) is 6.92 Å². The number of benzene rings is 2. The summed E-state index contributed by atoms with van der Waals surface area (Å²) < 4.78 is 25.3. The van der Waals surface area contributed by atoms with Crippen LogP contribution in [0.3, 0.4) is 0 Å². The van der Waals surface area contributed by atoms with Gasteiger partial charge in [0, 0.05) is 10.9 Å². The van der Waals surface area contributed by atoms with Crippen LogP contribution in [0.2, 0.25) is 0 Å². The van der Waals surface area contributed by atoms with Crippen LogP contribution in [-0.2, 0) is 9.84 Å². The zero-order valence-corrected chi connectivity index (χ0v) is 14.4. The number of aromatic hydroxyl groups is 1. The molecule has 2 N–H and O–H groups in total. The Labute approximate surface area is 142 Å². The van der Waals surface area contributed by atoms with Crippen LogP contribution in [0.15, 0.2) is 47.4 Å². The zero-order chi connectivity index (χ0) is 16.9. The van der Waals surface area contributed by atoms with Crippen molar-refractivity contribution >= 4 is 42.3 Å². The predicted octanol–water partition coefficient (Wildman–Crippen LogP) is 3.94. The molecule has 0 unspecified atom stereocenters. The fourth-order valence-electron chi connectivity index (χ4n) is 2.71. The Morgan fingerprint density at radius 3 is 2.75 bits per heavy atom. The maximum absolute atomic E-state index is 12.2. The summed E-state index contributed by atoms with van der Waals surface area (Å²) in [4.78, 5) is 7.71. The van der Waals surface area contributed by atoms with Crippen molar-refractivity contribution in [2.75, 3.05) is 5.75 Å². The van der Waals surface area contributed by atoms with E-state index in [2.05, 4.69) is 9.97 Å². The third kappa shape index (κ3) is 2.28. The van der Waals surface area contributed by atoms with E-state index in [1.54, 1.807) is 25.1 Å². The number of rotatable bonds is 3. The van der Waals surface area contributed by atoms with E-state index in [9.17, 15) is 13.5 Å². The summed E-state index contributed by atoms with van der Waals surface area (Å²) in [5, 5.41) is 11.6. The van der Waals surface area contributed by atoms with E-state index in [4.69, 9.17) is 0 Å². The van der Waals surface area contributed by atoms with Crippen molar-refractivity contribution in [2.24, 2.45) is 0 Å². The minimum Gasteiger partial charge on any atom is -0.494 e. The first-order valence-corrected chi connectivity index (χ1v) is 9.90. The molecule has 0 amide bonds. The first-order chi connectivity index (χ1) is 11.5. The summed E-state index contributed by atoms with van der Waals surface area (Å²) >= 11 is 1.46. The SMILES string of the molecule is CCS(=O)(=O)c1ccc2[nH]c(O)c(-c3nc4ccccc4s3)c2c1. The molecule has 4 rings (SSSR count). The van der Waals surface area contributed by atoms with Gasteiger partial charge in [0.2, 0.25) is 0 Å². The van der Waals surface area contributed by atoms with Gasteiger partial charge in [-0.05, 0) is 30.3 Å². The van der Waals surface area contributed by atoms with Gasteiger partial charge in [0.15, 0.2) is 15.7 Å². The number of para-hydroxylation sites is 1. The van der Waals surface area contributed by atoms with E-state index in [0.717, 1.165) is 10.2 Å². The molecule has 122 valence electrons. The molecule has 0 fully saturated rings. The van der Waals surface area contributed by atoms with E-state index in [0.29, 0.717) is 21.5 Å². The highest BCUT2D eigenvalue weighted by Gasteiger charge is 2.19. The molecular weight excluding hydrogens is 344 g/mol. The summed E-state index contributed by atoms with van der Waals surface area (Å²) in [6.45, 7) is 1.61. The molecule has 0 aliphatic rings. The zero-order valence-electron chi connectivity index (χ0n) is 12.8. The van der Waals surface area contributed by atoms with Crippen LogP contribution in [0.4, 0.5) is 0 Å². The smallest absolute Gasteiger partial charge is 0.199 e. The minimum absolute atomic E-state index is 0.00453. The van der Waals surface area contributed by atoms with Gasteiger partial charge in [-0.25, -0.2) is 13.4 Å². The van der Waals surface area contributed by atoms with Gasteiger partial charge in [0.05, 0.1) is 26.4 Å². The van der Waals surface area contributed by atoms with Gasteiger partial charge in [-0.1, -0.05) is 19.1 Å². The van der Waals surface area contributed by atoms with Gasteiger partial charge < -0.3 is 10.1 Å². The summed E-state index contributed by atoms with van der Waals surface area (Å²) in [6.07, 6.45) is 0. The largest absolute Gasteiger partial charge is 0.494 e. The van der Waals surface area contributed by atoms with Crippen molar-refractivity contribution in [2.45, 2.75) is 11.8 Å². The molecule has 0 aliphatic heterocycles. The Kier molecular flexibility index (Phi) is 3.36. The lowest BCUT2D eigenvalue weighted by Gasteiger charge is -2.02. The molecule has 0 aliphatic carbocycles. The second-order valence-corrected chi connectivity index (χ2v) is 8.76.